The van der Waals surface area contributed by atoms with Gasteiger partial charge in [0.25, 0.3) is 0 Å². The van der Waals surface area contributed by atoms with E-state index >= 15 is 0 Å². The van der Waals surface area contributed by atoms with Crippen molar-refractivity contribution in [3.05, 3.63) is 35.1 Å². The van der Waals surface area contributed by atoms with Gasteiger partial charge in [-0.3, -0.25) is 5.41 Å². The molecule has 0 radical (unpaired) electrons. The average molecular weight is 166 g/mol. The molecule has 0 spiro atoms. The van der Waals surface area contributed by atoms with E-state index in [0.29, 0.717) is 6.42 Å². The van der Waals surface area contributed by atoms with Crippen molar-refractivity contribution in [2.24, 2.45) is 5.73 Å². The van der Waals surface area contributed by atoms with Crippen LogP contribution < -0.4 is 5.73 Å². The Labute approximate surface area is 70.7 Å². The van der Waals surface area contributed by atoms with Gasteiger partial charge >= 0.3 is 0 Å². The number of hydrogen-bond acceptors (Lipinski definition) is 1. The van der Waals surface area contributed by atoms with E-state index in [4.69, 9.17) is 11.1 Å². The highest BCUT2D eigenvalue weighted by Crippen LogP contribution is 2.10. The van der Waals surface area contributed by atoms with Gasteiger partial charge in [0.15, 0.2) is 0 Å². The number of benzene rings is 1. The molecule has 1 aromatic rings. The number of aryl methyl sites for hydroxylation is 1. The van der Waals surface area contributed by atoms with Gasteiger partial charge in [0.1, 0.15) is 5.82 Å². The van der Waals surface area contributed by atoms with E-state index < -0.39 is 0 Å². The van der Waals surface area contributed by atoms with Gasteiger partial charge in [0.05, 0.1) is 5.84 Å². The van der Waals surface area contributed by atoms with Crippen molar-refractivity contribution in [1.29, 1.82) is 5.41 Å². The molecule has 1 rings (SSSR count). The van der Waals surface area contributed by atoms with E-state index in [0.717, 1.165) is 11.1 Å². The minimum atomic E-state index is -0.281. The van der Waals surface area contributed by atoms with Gasteiger partial charge < -0.3 is 5.73 Å². The summed E-state index contributed by atoms with van der Waals surface area (Å²) in [4.78, 5) is 0. The first-order valence-electron chi connectivity index (χ1n) is 3.67. The molecule has 0 saturated heterocycles. The molecule has 1 aromatic carbocycles. The second-order valence-electron chi connectivity index (χ2n) is 2.77. The van der Waals surface area contributed by atoms with Gasteiger partial charge in [-0.05, 0) is 30.2 Å². The second-order valence-corrected chi connectivity index (χ2v) is 2.77. The lowest BCUT2D eigenvalue weighted by molar-refractivity contribution is 0.625. The normalized spacial score (nSPS) is 9.83. The van der Waals surface area contributed by atoms with Gasteiger partial charge in [-0.25, -0.2) is 4.39 Å². The average Bonchev–Trinajstić information content (AvgIpc) is 1.96. The summed E-state index contributed by atoms with van der Waals surface area (Å²) in [5.41, 5.74) is 6.95. The molecule has 3 N–H and O–H groups in total. The molecule has 0 fully saturated rings. The molecule has 0 aliphatic carbocycles. The summed E-state index contributed by atoms with van der Waals surface area (Å²) in [5, 5.41) is 7.05. The first-order chi connectivity index (χ1) is 5.59. The molecule has 0 amide bonds. The number of nitrogens with two attached hydrogens (primary N) is 1. The minimum Gasteiger partial charge on any atom is -0.387 e. The largest absolute Gasteiger partial charge is 0.387 e. The molecule has 0 atom stereocenters. The molecule has 12 heavy (non-hydrogen) atoms. The summed E-state index contributed by atoms with van der Waals surface area (Å²) in [5.74, 6) is -0.222. The Balaban J connectivity index is 2.97. The molecule has 0 unspecified atom stereocenters. The Morgan fingerprint density at radius 1 is 1.58 bits per heavy atom. The fourth-order valence-electron chi connectivity index (χ4n) is 1.04. The van der Waals surface area contributed by atoms with Crippen LogP contribution in [0, 0.1) is 18.2 Å². The number of nitrogens with one attached hydrogen (secondary N) is 1. The summed E-state index contributed by atoms with van der Waals surface area (Å²) in [6.07, 6.45) is 0.323. The van der Waals surface area contributed by atoms with Crippen LogP contribution in [0.25, 0.3) is 0 Å². The molecule has 2 nitrogen and oxygen atoms in total. The maximum atomic E-state index is 12.7. The third-order valence-corrected chi connectivity index (χ3v) is 1.69. The number of rotatable bonds is 2. The van der Waals surface area contributed by atoms with E-state index in [1.807, 2.05) is 6.92 Å². The van der Waals surface area contributed by atoms with Gasteiger partial charge in [-0.15, -0.1) is 0 Å². The third-order valence-electron chi connectivity index (χ3n) is 1.69. The van der Waals surface area contributed by atoms with Crippen molar-refractivity contribution >= 4 is 5.84 Å². The Hall–Kier alpha value is -1.38. The summed E-state index contributed by atoms with van der Waals surface area (Å²) < 4.78 is 12.7. The van der Waals surface area contributed by atoms with E-state index in [2.05, 4.69) is 0 Å². The fraction of sp³-hybridized carbons (Fsp3) is 0.222. The summed E-state index contributed by atoms with van der Waals surface area (Å²) in [6, 6.07) is 4.50. The number of halogens is 1. The molecule has 0 heterocycles. The Morgan fingerprint density at radius 2 is 2.25 bits per heavy atom. The van der Waals surface area contributed by atoms with Crippen LogP contribution in [0.2, 0.25) is 0 Å². The van der Waals surface area contributed by atoms with Crippen LogP contribution in [-0.2, 0) is 6.42 Å². The standard InChI is InChI=1S/C9H11FN2/c1-6-2-3-8(10)4-7(6)5-9(11)12/h2-4H,5H2,1H3,(H3,11,12). The summed E-state index contributed by atoms with van der Waals surface area (Å²) in [7, 11) is 0. The maximum Gasteiger partial charge on any atom is 0.123 e. The zero-order chi connectivity index (χ0) is 9.14. The van der Waals surface area contributed by atoms with Gasteiger partial charge in [0.2, 0.25) is 0 Å². The quantitative estimate of drug-likeness (QED) is 0.509. The second kappa shape index (κ2) is 3.34. The van der Waals surface area contributed by atoms with Gasteiger partial charge in [-0.1, -0.05) is 6.07 Å². The van der Waals surface area contributed by atoms with E-state index in [1.165, 1.54) is 12.1 Å². The molecule has 0 aliphatic rings. The van der Waals surface area contributed by atoms with E-state index in [-0.39, 0.29) is 11.7 Å². The summed E-state index contributed by atoms with van der Waals surface area (Å²) in [6.45, 7) is 1.87. The smallest absolute Gasteiger partial charge is 0.123 e. The van der Waals surface area contributed by atoms with Crippen LogP contribution >= 0.6 is 0 Å². The van der Waals surface area contributed by atoms with Gasteiger partial charge in [0, 0.05) is 6.42 Å². The molecular formula is C9H11FN2. The SMILES string of the molecule is Cc1ccc(F)cc1CC(=N)N. The predicted molar refractivity (Wildman–Crippen MR) is 46.8 cm³/mol. The molecule has 3 heteroatoms. The summed E-state index contributed by atoms with van der Waals surface area (Å²) >= 11 is 0. The highest BCUT2D eigenvalue weighted by molar-refractivity contribution is 5.79. The van der Waals surface area contributed by atoms with E-state index in [1.54, 1.807) is 6.07 Å². The van der Waals surface area contributed by atoms with Crippen molar-refractivity contribution in [1.82, 2.24) is 0 Å². The zero-order valence-corrected chi connectivity index (χ0v) is 6.89. The molecule has 0 aliphatic heterocycles. The predicted octanol–water partition coefficient (Wildman–Crippen LogP) is 1.61. The van der Waals surface area contributed by atoms with Crippen molar-refractivity contribution < 1.29 is 4.39 Å². The van der Waals surface area contributed by atoms with Crippen LogP contribution in [0.3, 0.4) is 0 Å². The monoisotopic (exact) mass is 166 g/mol. The highest BCUT2D eigenvalue weighted by Gasteiger charge is 2.01. The van der Waals surface area contributed by atoms with Crippen molar-refractivity contribution in [3.8, 4) is 0 Å². The third kappa shape index (κ3) is 2.05. The van der Waals surface area contributed by atoms with Crippen LogP contribution in [0.15, 0.2) is 18.2 Å². The fourth-order valence-corrected chi connectivity index (χ4v) is 1.04. The lowest BCUT2D eigenvalue weighted by Crippen LogP contribution is -2.13. The topological polar surface area (TPSA) is 49.9 Å². The molecule has 0 saturated carbocycles. The molecule has 0 aromatic heterocycles. The number of amidine groups is 1. The first-order valence-corrected chi connectivity index (χ1v) is 3.67. The lowest BCUT2D eigenvalue weighted by Gasteiger charge is -2.03. The molecule has 64 valence electrons. The molecule has 0 bridgehead atoms. The molecular weight excluding hydrogens is 155 g/mol. The number of hydrogen-bond donors (Lipinski definition) is 2. The van der Waals surface area contributed by atoms with Crippen LogP contribution in [0.5, 0.6) is 0 Å². The highest BCUT2D eigenvalue weighted by atomic mass is 19.1. The Kier molecular flexibility index (Phi) is 2.43. The first kappa shape index (κ1) is 8.71. The Bertz CT molecular complexity index is 307. The van der Waals surface area contributed by atoms with E-state index in [9.17, 15) is 4.39 Å². The maximum absolute atomic E-state index is 12.7. The lowest BCUT2D eigenvalue weighted by atomic mass is 10.1. The zero-order valence-electron chi connectivity index (χ0n) is 6.89. The van der Waals surface area contributed by atoms with Crippen LogP contribution in [0.1, 0.15) is 11.1 Å². The van der Waals surface area contributed by atoms with Crippen molar-refractivity contribution in [2.75, 3.05) is 0 Å². The Morgan fingerprint density at radius 3 is 2.83 bits per heavy atom. The van der Waals surface area contributed by atoms with Crippen LogP contribution in [0.4, 0.5) is 4.39 Å². The van der Waals surface area contributed by atoms with Crippen molar-refractivity contribution in [3.63, 3.8) is 0 Å². The minimum absolute atomic E-state index is 0.0590. The van der Waals surface area contributed by atoms with Crippen molar-refractivity contribution in [2.45, 2.75) is 13.3 Å². The van der Waals surface area contributed by atoms with Gasteiger partial charge in [-0.2, -0.15) is 0 Å². The van der Waals surface area contributed by atoms with Crippen LogP contribution in [-0.4, -0.2) is 5.84 Å².